The van der Waals surface area contributed by atoms with Crippen molar-refractivity contribution in [3.05, 3.63) is 53.7 Å². The second-order valence-electron chi connectivity index (χ2n) is 10.7. The topological polar surface area (TPSA) is 96.5 Å². The maximum atomic E-state index is 10.1. The molecule has 0 atom stereocenters. The Balaban J connectivity index is 1.79. The number of anilines is 1. The summed E-state index contributed by atoms with van der Waals surface area (Å²) in [6, 6.07) is 10.1. The Labute approximate surface area is 210 Å². The third kappa shape index (κ3) is 7.13. The second-order valence-corrected chi connectivity index (χ2v) is 10.7. The number of benzene rings is 1. The predicted molar refractivity (Wildman–Crippen MR) is 145 cm³/mol. The van der Waals surface area contributed by atoms with Crippen LogP contribution >= 0.6 is 0 Å². The van der Waals surface area contributed by atoms with Crippen LogP contribution in [0, 0.1) is 0 Å². The molecule has 1 saturated heterocycles. The lowest BCUT2D eigenvalue weighted by Crippen LogP contribution is -2.62. The summed E-state index contributed by atoms with van der Waals surface area (Å²) >= 11 is 0. The van der Waals surface area contributed by atoms with Crippen LogP contribution in [0.15, 0.2) is 36.9 Å². The van der Waals surface area contributed by atoms with Crippen LogP contribution in [0.4, 0.5) is 5.82 Å². The van der Waals surface area contributed by atoms with Gasteiger partial charge in [-0.05, 0) is 95.0 Å². The first-order valence-corrected chi connectivity index (χ1v) is 12.3. The number of ether oxygens (including phenoxy) is 1. The average Bonchev–Trinajstić information content (AvgIpc) is 2.81. The van der Waals surface area contributed by atoms with Crippen molar-refractivity contribution in [2.45, 2.75) is 64.1 Å². The molecule has 1 aromatic carbocycles. The number of rotatable bonds is 10. The number of aliphatic hydroxyl groups excluding tert-OH is 1. The minimum Gasteiger partial charge on any atom is -0.494 e. The Morgan fingerprint density at radius 3 is 2.46 bits per heavy atom. The molecule has 1 aromatic heterocycles. The van der Waals surface area contributed by atoms with Crippen LogP contribution in [-0.4, -0.2) is 59.2 Å². The molecule has 0 radical (unpaired) electrons. The molecule has 0 aliphatic carbocycles. The molecule has 4 N–H and O–H groups in total. The van der Waals surface area contributed by atoms with Crippen molar-refractivity contribution in [2.75, 3.05) is 31.7 Å². The van der Waals surface area contributed by atoms with Gasteiger partial charge in [0.2, 0.25) is 0 Å². The highest BCUT2D eigenvalue weighted by Crippen LogP contribution is 2.32. The molecule has 1 aliphatic rings. The fraction of sp³-hybridized carbons (Fsp3) is 0.500. The molecular formula is C28H41N5O2. The minimum atomic E-state index is -0.147. The molecule has 1 aliphatic heterocycles. The van der Waals surface area contributed by atoms with Gasteiger partial charge in [0.15, 0.2) is 5.82 Å². The van der Waals surface area contributed by atoms with E-state index >= 15 is 0 Å². The van der Waals surface area contributed by atoms with Crippen LogP contribution in [0.5, 0.6) is 5.75 Å². The Hall–Kier alpha value is -2.74. The van der Waals surface area contributed by atoms with Crippen LogP contribution in [-0.2, 0) is 0 Å². The standard InChI is InChI=1S/C28H41N5O2/c1-7-20-16-24(35-14-8-13-29)10-9-21(20)15-22(19-34)25-11-12-26(31-30-25)33(6)23-17-27(2,3)32-28(4,5)18-23/h7,9-12,15-16,23,32,34H,1,8,13-14,17-19,29H2,2-6H3/b22-15+. The van der Waals surface area contributed by atoms with E-state index in [9.17, 15) is 5.11 Å². The molecule has 0 amide bonds. The maximum absolute atomic E-state index is 10.1. The molecule has 0 bridgehead atoms. The van der Waals surface area contributed by atoms with Crippen molar-refractivity contribution < 1.29 is 9.84 Å². The summed E-state index contributed by atoms with van der Waals surface area (Å²) in [5.74, 6) is 1.60. The lowest BCUT2D eigenvalue weighted by molar-refractivity contribution is 0.160. The van der Waals surface area contributed by atoms with Crippen LogP contribution < -0.4 is 20.7 Å². The molecule has 2 heterocycles. The summed E-state index contributed by atoms with van der Waals surface area (Å²) in [6.07, 6.45) is 6.55. The molecular weight excluding hydrogens is 438 g/mol. The first-order chi connectivity index (χ1) is 16.6. The molecule has 0 saturated carbocycles. The minimum absolute atomic E-state index is 0.0503. The van der Waals surface area contributed by atoms with Crippen LogP contribution in [0.1, 0.15) is 63.8 Å². The number of nitrogens with two attached hydrogens (primary N) is 1. The SMILES string of the molecule is C=Cc1cc(OCCCN)ccc1/C=C(\CO)c1ccc(N(C)C2CC(C)(C)NC(C)(C)C2)nn1. The van der Waals surface area contributed by atoms with E-state index in [4.69, 9.17) is 10.5 Å². The molecule has 0 spiro atoms. The summed E-state index contributed by atoms with van der Waals surface area (Å²) in [5, 5.41) is 22.8. The molecule has 7 nitrogen and oxygen atoms in total. The molecule has 2 aromatic rings. The molecule has 7 heteroatoms. The Morgan fingerprint density at radius 1 is 1.17 bits per heavy atom. The highest BCUT2D eigenvalue weighted by Gasteiger charge is 2.39. The van der Waals surface area contributed by atoms with Gasteiger partial charge < -0.3 is 25.8 Å². The molecule has 0 unspecified atom stereocenters. The zero-order valence-electron chi connectivity index (χ0n) is 21.8. The Bertz CT molecular complexity index is 1010. The lowest BCUT2D eigenvalue weighted by Gasteiger charge is -2.49. The summed E-state index contributed by atoms with van der Waals surface area (Å²) in [5.41, 5.74) is 8.82. The van der Waals surface area contributed by atoms with Gasteiger partial charge in [-0.2, -0.15) is 0 Å². The molecule has 190 valence electrons. The van der Waals surface area contributed by atoms with E-state index in [0.29, 0.717) is 30.5 Å². The van der Waals surface area contributed by atoms with Gasteiger partial charge in [0, 0.05) is 29.7 Å². The van der Waals surface area contributed by atoms with Gasteiger partial charge in [-0.15, -0.1) is 10.2 Å². The Morgan fingerprint density at radius 2 is 1.89 bits per heavy atom. The molecule has 35 heavy (non-hydrogen) atoms. The van der Waals surface area contributed by atoms with Gasteiger partial charge in [-0.3, -0.25) is 0 Å². The van der Waals surface area contributed by atoms with Crippen molar-refractivity contribution in [3.63, 3.8) is 0 Å². The van der Waals surface area contributed by atoms with E-state index in [-0.39, 0.29) is 17.7 Å². The van der Waals surface area contributed by atoms with E-state index in [2.05, 4.69) is 61.7 Å². The van der Waals surface area contributed by atoms with Crippen molar-refractivity contribution in [1.29, 1.82) is 0 Å². The number of nitrogens with one attached hydrogen (secondary N) is 1. The number of hydrogen-bond acceptors (Lipinski definition) is 7. The van der Waals surface area contributed by atoms with Gasteiger partial charge in [0.25, 0.3) is 0 Å². The van der Waals surface area contributed by atoms with Gasteiger partial charge >= 0.3 is 0 Å². The van der Waals surface area contributed by atoms with Crippen molar-refractivity contribution in [3.8, 4) is 5.75 Å². The first kappa shape index (κ1) is 26.9. The zero-order valence-corrected chi connectivity index (χ0v) is 21.8. The van der Waals surface area contributed by atoms with Crippen molar-refractivity contribution in [2.24, 2.45) is 5.73 Å². The average molecular weight is 480 g/mol. The highest BCUT2D eigenvalue weighted by molar-refractivity contribution is 5.83. The van der Waals surface area contributed by atoms with E-state index in [1.807, 2.05) is 36.4 Å². The number of piperidine rings is 1. The largest absolute Gasteiger partial charge is 0.494 e. The summed E-state index contributed by atoms with van der Waals surface area (Å²) in [6.45, 7) is 13.9. The number of nitrogens with zero attached hydrogens (tertiary/aromatic N) is 3. The second kappa shape index (κ2) is 11.3. The quantitative estimate of drug-likeness (QED) is 0.441. The third-order valence-electron chi connectivity index (χ3n) is 6.45. The Kier molecular flexibility index (Phi) is 8.70. The number of hydrogen-bond donors (Lipinski definition) is 3. The van der Waals surface area contributed by atoms with Crippen molar-refractivity contribution in [1.82, 2.24) is 15.5 Å². The zero-order chi connectivity index (χ0) is 25.6. The summed E-state index contributed by atoms with van der Waals surface area (Å²) in [4.78, 5) is 2.22. The van der Waals surface area contributed by atoms with Crippen LogP contribution in [0.25, 0.3) is 17.7 Å². The highest BCUT2D eigenvalue weighted by atomic mass is 16.5. The first-order valence-electron chi connectivity index (χ1n) is 12.3. The normalized spacial score (nSPS) is 17.7. The summed E-state index contributed by atoms with van der Waals surface area (Å²) in [7, 11) is 2.09. The van der Waals surface area contributed by atoms with Gasteiger partial charge in [-0.25, -0.2) is 0 Å². The number of aliphatic hydroxyl groups is 1. The van der Waals surface area contributed by atoms with Crippen molar-refractivity contribution >= 4 is 23.5 Å². The van der Waals surface area contributed by atoms with E-state index < -0.39 is 0 Å². The lowest BCUT2D eigenvalue weighted by atomic mass is 9.79. The molecule has 3 rings (SSSR count). The van der Waals surface area contributed by atoms with E-state index in [1.165, 1.54) is 0 Å². The monoisotopic (exact) mass is 479 g/mol. The molecule has 1 fully saturated rings. The van der Waals surface area contributed by atoms with Gasteiger partial charge in [-0.1, -0.05) is 18.7 Å². The number of aromatic nitrogens is 2. The fourth-order valence-electron chi connectivity index (χ4n) is 5.03. The summed E-state index contributed by atoms with van der Waals surface area (Å²) < 4.78 is 5.74. The van der Waals surface area contributed by atoms with E-state index in [1.54, 1.807) is 6.08 Å². The smallest absolute Gasteiger partial charge is 0.151 e. The van der Waals surface area contributed by atoms with Crippen LogP contribution in [0.2, 0.25) is 0 Å². The maximum Gasteiger partial charge on any atom is 0.151 e. The van der Waals surface area contributed by atoms with E-state index in [0.717, 1.165) is 42.0 Å². The van der Waals surface area contributed by atoms with Gasteiger partial charge in [0.1, 0.15) is 5.75 Å². The van der Waals surface area contributed by atoms with Gasteiger partial charge in [0.05, 0.1) is 18.9 Å². The van der Waals surface area contributed by atoms with Crippen LogP contribution in [0.3, 0.4) is 0 Å². The third-order valence-corrected chi connectivity index (χ3v) is 6.45. The fourth-order valence-corrected chi connectivity index (χ4v) is 5.03. The predicted octanol–water partition coefficient (Wildman–Crippen LogP) is 4.13.